The van der Waals surface area contributed by atoms with Crippen molar-refractivity contribution in [3.63, 3.8) is 0 Å². The molecule has 0 bridgehead atoms. The van der Waals surface area contributed by atoms with Gasteiger partial charge in [-0.3, -0.25) is 14.9 Å². The molecule has 0 aliphatic carbocycles. The fraction of sp³-hybridized carbons (Fsp3) is 0.0714. The van der Waals surface area contributed by atoms with Crippen LogP contribution in [0.2, 0.25) is 0 Å². The second-order valence-corrected chi connectivity index (χ2v) is 4.06. The lowest BCUT2D eigenvalue weighted by Gasteiger charge is -2.11. The van der Waals surface area contributed by atoms with Gasteiger partial charge in [-0.2, -0.15) is 0 Å². The zero-order valence-electron chi connectivity index (χ0n) is 10.5. The third-order valence-corrected chi connectivity index (χ3v) is 2.72. The van der Waals surface area contributed by atoms with Crippen LogP contribution in [0.25, 0.3) is 0 Å². The molecule has 0 N–H and O–H groups in total. The van der Waals surface area contributed by atoms with E-state index in [0.29, 0.717) is 11.8 Å². The summed E-state index contributed by atoms with van der Waals surface area (Å²) in [5.74, 6) is -1.15. The number of aldehydes is 1. The highest BCUT2D eigenvalue weighted by molar-refractivity contribution is 5.79. The zero-order valence-corrected chi connectivity index (χ0v) is 10.5. The fourth-order valence-electron chi connectivity index (χ4n) is 1.74. The Morgan fingerprint density at radius 3 is 2.55 bits per heavy atom. The average molecular weight is 275 g/mol. The van der Waals surface area contributed by atoms with Crippen LogP contribution in [0.15, 0.2) is 36.4 Å². The van der Waals surface area contributed by atoms with Crippen LogP contribution in [-0.4, -0.2) is 11.2 Å². The average Bonchev–Trinajstić information content (AvgIpc) is 2.42. The van der Waals surface area contributed by atoms with Gasteiger partial charge in [0.15, 0.2) is 17.9 Å². The maximum absolute atomic E-state index is 13.7. The molecule has 0 heterocycles. The van der Waals surface area contributed by atoms with Crippen LogP contribution in [0.1, 0.15) is 15.9 Å². The Kier molecular flexibility index (Phi) is 3.74. The number of carbonyl (C=O) groups excluding carboxylic acids is 1. The molecule has 0 fully saturated rings. The Balaban J connectivity index is 2.56. The van der Waals surface area contributed by atoms with Crippen LogP contribution in [0.3, 0.4) is 0 Å². The molecule has 0 aliphatic heterocycles. The second-order valence-electron chi connectivity index (χ2n) is 4.06. The molecule has 6 heteroatoms. The molecule has 0 aromatic heterocycles. The molecular weight excluding hydrogens is 265 g/mol. The monoisotopic (exact) mass is 275 g/mol. The van der Waals surface area contributed by atoms with E-state index in [4.69, 9.17) is 4.74 Å². The van der Waals surface area contributed by atoms with Crippen molar-refractivity contribution in [2.45, 2.75) is 6.92 Å². The Morgan fingerprint density at radius 2 is 1.90 bits per heavy atom. The van der Waals surface area contributed by atoms with E-state index in [0.717, 1.165) is 6.07 Å². The highest BCUT2D eigenvalue weighted by Crippen LogP contribution is 2.36. The third kappa shape index (κ3) is 2.49. The Hall–Kier alpha value is -2.76. The van der Waals surface area contributed by atoms with Gasteiger partial charge in [0.1, 0.15) is 0 Å². The van der Waals surface area contributed by atoms with Crippen LogP contribution in [-0.2, 0) is 0 Å². The number of halogens is 1. The Morgan fingerprint density at radius 1 is 1.20 bits per heavy atom. The van der Waals surface area contributed by atoms with E-state index in [-0.39, 0.29) is 22.7 Å². The van der Waals surface area contributed by atoms with E-state index in [1.165, 1.54) is 24.3 Å². The van der Waals surface area contributed by atoms with Gasteiger partial charge in [0, 0.05) is 6.07 Å². The Labute approximate surface area is 113 Å². The van der Waals surface area contributed by atoms with Crippen molar-refractivity contribution in [1.82, 2.24) is 0 Å². The number of nitro groups is 1. The molecule has 0 radical (unpaired) electrons. The molecule has 0 unspecified atom stereocenters. The smallest absolute Gasteiger partial charge is 0.311 e. The number of nitro benzene ring substituents is 1. The summed E-state index contributed by atoms with van der Waals surface area (Å²) in [7, 11) is 0. The minimum absolute atomic E-state index is 0.0115. The molecular formula is C14H10FNO4. The summed E-state index contributed by atoms with van der Waals surface area (Å²) in [5, 5.41) is 11.0. The van der Waals surface area contributed by atoms with Gasteiger partial charge in [0.2, 0.25) is 5.75 Å². The van der Waals surface area contributed by atoms with Gasteiger partial charge >= 0.3 is 5.69 Å². The van der Waals surface area contributed by atoms with E-state index < -0.39 is 10.7 Å². The molecule has 0 spiro atoms. The number of nitrogens with zero attached hydrogens (tertiary/aromatic N) is 1. The van der Waals surface area contributed by atoms with Crippen molar-refractivity contribution in [2.75, 3.05) is 0 Å². The van der Waals surface area contributed by atoms with Crippen molar-refractivity contribution in [1.29, 1.82) is 0 Å². The molecule has 2 aromatic carbocycles. The van der Waals surface area contributed by atoms with Gasteiger partial charge in [-0.25, -0.2) is 4.39 Å². The second kappa shape index (κ2) is 5.48. The first-order valence-corrected chi connectivity index (χ1v) is 5.70. The molecule has 0 amide bonds. The Bertz CT molecular complexity index is 685. The van der Waals surface area contributed by atoms with E-state index in [1.807, 2.05) is 0 Å². The first-order valence-electron chi connectivity index (χ1n) is 5.70. The molecule has 20 heavy (non-hydrogen) atoms. The van der Waals surface area contributed by atoms with Crippen molar-refractivity contribution in [3.05, 3.63) is 63.5 Å². The number of rotatable bonds is 4. The molecule has 5 nitrogen and oxygen atoms in total. The van der Waals surface area contributed by atoms with Crippen molar-refractivity contribution in [2.24, 2.45) is 0 Å². The van der Waals surface area contributed by atoms with Crippen LogP contribution in [0, 0.1) is 22.9 Å². The lowest BCUT2D eigenvalue weighted by Crippen LogP contribution is -1.99. The fourth-order valence-corrected chi connectivity index (χ4v) is 1.74. The number of aryl methyl sites for hydroxylation is 1. The predicted molar refractivity (Wildman–Crippen MR) is 69.7 cm³/mol. The van der Waals surface area contributed by atoms with E-state index >= 15 is 0 Å². The van der Waals surface area contributed by atoms with Crippen LogP contribution < -0.4 is 4.74 Å². The summed E-state index contributed by atoms with van der Waals surface area (Å²) in [5.41, 5.74) is 0.173. The molecule has 0 saturated carbocycles. The van der Waals surface area contributed by atoms with Gasteiger partial charge in [-0.05, 0) is 24.6 Å². The zero-order chi connectivity index (χ0) is 14.7. The van der Waals surface area contributed by atoms with Crippen molar-refractivity contribution < 1.29 is 18.8 Å². The van der Waals surface area contributed by atoms with Crippen LogP contribution in [0.4, 0.5) is 10.1 Å². The predicted octanol–water partition coefficient (Wildman–Crippen LogP) is 3.65. The highest BCUT2D eigenvalue weighted by atomic mass is 19.1. The number of hydrogen-bond donors (Lipinski definition) is 0. The van der Waals surface area contributed by atoms with Gasteiger partial charge in [0.05, 0.1) is 10.5 Å². The molecule has 0 aliphatic rings. The third-order valence-electron chi connectivity index (χ3n) is 2.72. The topological polar surface area (TPSA) is 69.4 Å². The largest absolute Gasteiger partial charge is 0.446 e. The summed E-state index contributed by atoms with van der Waals surface area (Å²) in [6.07, 6.45) is 0.433. The number of ether oxygens (including phenoxy) is 1. The molecule has 2 rings (SSSR count). The normalized spacial score (nSPS) is 10.1. The van der Waals surface area contributed by atoms with Crippen molar-refractivity contribution in [3.8, 4) is 11.5 Å². The van der Waals surface area contributed by atoms with E-state index in [1.54, 1.807) is 13.0 Å². The first-order chi connectivity index (χ1) is 9.54. The number of hydrogen-bond acceptors (Lipinski definition) is 4. The lowest BCUT2D eigenvalue weighted by molar-refractivity contribution is -0.385. The van der Waals surface area contributed by atoms with Crippen LogP contribution in [0.5, 0.6) is 11.5 Å². The molecule has 0 atom stereocenters. The summed E-state index contributed by atoms with van der Waals surface area (Å²) in [4.78, 5) is 21.2. The number of para-hydroxylation sites is 2. The van der Waals surface area contributed by atoms with Gasteiger partial charge in [-0.15, -0.1) is 0 Å². The number of carbonyl (C=O) groups is 1. The minimum Gasteiger partial charge on any atom is -0.446 e. The number of benzene rings is 2. The molecule has 102 valence electrons. The summed E-state index contributed by atoms with van der Waals surface area (Å²) < 4.78 is 19.0. The molecule has 0 saturated heterocycles. The van der Waals surface area contributed by atoms with E-state index in [9.17, 15) is 19.3 Å². The first kappa shape index (κ1) is 13.7. The van der Waals surface area contributed by atoms with Gasteiger partial charge in [-0.1, -0.05) is 18.2 Å². The SMILES string of the molecule is Cc1cccc([N+](=O)[O-])c1Oc1c(F)cccc1C=O. The summed E-state index contributed by atoms with van der Waals surface area (Å²) >= 11 is 0. The standard InChI is InChI=1S/C14H10FNO4/c1-9-4-2-7-12(16(18)19)13(9)20-14-10(8-17)5-3-6-11(14)15/h2-8H,1H3. The summed E-state index contributed by atoms with van der Waals surface area (Å²) in [6.45, 7) is 1.60. The lowest BCUT2D eigenvalue weighted by atomic mass is 10.1. The van der Waals surface area contributed by atoms with E-state index in [2.05, 4.69) is 0 Å². The highest BCUT2D eigenvalue weighted by Gasteiger charge is 2.20. The van der Waals surface area contributed by atoms with Crippen molar-refractivity contribution >= 4 is 12.0 Å². The summed E-state index contributed by atoms with van der Waals surface area (Å²) in [6, 6.07) is 8.20. The van der Waals surface area contributed by atoms with Gasteiger partial charge < -0.3 is 4.74 Å². The molecule has 2 aromatic rings. The minimum atomic E-state index is -0.757. The van der Waals surface area contributed by atoms with Gasteiger partial charge in [0.25, 0.3) is 0 Å². The van der Waals surface area contributed by atoms with Crippen LogP contribution >= 0.6 is 0 Å². The maximum atomic E-state index is 13.7. The quantitative estimate of drug-likeness (QED) is 0.485. The maximum Gasteiger partial charge on any atom is 0.311 e.